The summed E-state index contributed by atoms with van der Waals surface area (Å²) in [6, 6.07) is 12.4. The minimum atomic E-state index is -0.435. The molecule has 25 heavy (non-hydrogen) atoms. The Kier molecular flexibility index (Phi) is 3.73. The van der Waals surface area contributed by atoms with Crippen molar-refractivity contribution in [3.63, 3.8) is 0 Å². The van der Waals surface area contributed by atoms with Crippen LogP contribution in [0.15, 0.2) is 48.0 Å². The molecule has 0 saturated carbocycles. The molecule has 2 aromatic carbocycles. The second-order valence-electron chi connectivity index (χ2n) is 6.12. The normalized spacial score (nSPS) is 20.6. The van der Waals surface area contributed by atoms with E-state index in [0.717, 1.165) is 23.3 Å². The van der Waals surface area contributed by atoms with Crippen LogP contribution in [0, 0.1) is 0 Å². The van der Waals surface area contributed by atoms with Crippen molar-refractivity contribution in [3.05, 3.63) is 64.2 Å². The van der Waals surface area contributed by atoms with Gasteiger partial charge in [-0.3, -0.25) is 15.0 Å². The maximum atomic E-state index is 12.6. The Morgan fingerprint density at radius 2 is 2.08 bits per heavy atom. The van der Waals surface area contributed by atoms with E-state index in [9.17, 15) is 9.59 Å². The van der Waals surface area contributed by atoms with Gasteiger partial charge in [0.15, 0.2) is 0 Å². The molecule has 1 N–H and O–H groups in total. The average Bonchev–Trinajstić information content (AvgIpc) is 3.08. The number of hydrogen-bond acceptors (Lipinski definition) is 3. The summed E-state index contributed by atoms with van der Waals surface area (Å²) in [6.45, 7) is 2.01. The molecule has 2 heterocycles. The summed E-state index contributed by atoms with van der Waals surface area (Å²) in [5, 5.41) is 1.70. The van der Waals surface area contributed by atoms with Crippen molar-refractivity contribution in [2.45, 2.75) is 19.4 Å². The van der Waals surface area contributed by atoms with Gasteiger partial charge in [-0.2, -0.15) is 0 Å². The largest absolute Gasteiger partial charge is 0.490 e. The van der Waals surface area contributed by atoms with Gasteiger partial charge < -0.3 is 4.74 Å². The highest BCUT2D eigenvalue weighted by molar-refractivity contribution is 6.33. The van der Waals surface area contributed by atoms with E-state index in [1.54, 1.807) is 30.3 Å². The second-order valence-corrected chi connectivity index (χ2v) is 6.56. The number of rotatable bonds is 2. The highest BCUT2D eigenvalue weighted by atomic mass is 35.5. The zero-order chi connectivity index (χ0) is 17.6. The van der Waals surface area contributed by atoms with E-state index in [4.69, 9.17) is 16.3 Å². The van der Waals surface area contributed by atoms with Crippen LogP contribution in [0.3, 0.4) is 0 Å². The number of carbonyl (C=O) groups is 2. The fourth-order valence-electron chi connectivity index (χ4n) is 3.05. The summed E-state index contributed by atoms with van der Waals surface area (Å²) in [5.74, 6) is 0.0184. The third-order valence-electron chi connectivity index (χ3n) is 4.19. The third-order valence-corrected chi connectivity index (χ3v) is 4.42. The van der Waals surface area contributed by atoms with Gasteiger partial charge in [-0.15, -0.1) is 0 Å². The molecule has 5 nitrogen and oxygen atoms in total. The maximum Gasteiger partial charge on any atom is 0.282 e. The fraction of sp³-hybridized carbons (Fsp3) is 0.158. The van der Waals surface area contributed by atoms with Gasteiger partial charge in [0, 0.05) is 11.4 Å². The summed E-state index contributed by atoms with van der Waals surface area (Å²) >= 11 is 5.96. The molecular weight excluding hydrogens is 340 g/mol. The zero-order valence-corrected chi connectivity index (χ0v) is 14.2. The molecule has 2 aliphatic rings. The molecule has 0 spiro atoms. The first-order valence-electron chi connectivity index (χ1n) is 7.93. The van der Waals surface area contributed by atoms with E-state index < -0.39 is 11.8 Å². The van der Waals surface area contributed by atoms with E-state index in [-0.39, 0.29) is 11.7 Å². The van der Waals surface area contributed by atoms with Crippen LogP contribution in [-0.4, -0.2) is 17.9 Å². The first-order chi connectivity index (χ1) is 12.0. The monoisotopic (exact) mass is 354 g/mol. The summed E-state index contributed by atoms with van der Waals surface area (Å²) < 4.78 is 5.67. The Bertz CT molecular complexity index is 923. The third kappa shape index (κ3) is 2.87. The van der Waals surface area contributed by atoms with Gasteiger partial charge in [-0.25, -0.2) is 5.01 Å². The first-order valence-corrected chi connectivity index (χ1v) is 8.31. The number of anilines is 1. The number of fused-ring (bicyclic) bond motifs is 1. The number of hydrogen-bond donors (Lipinski definition) is 1. The molecule has 1 fully saturated rings. The van der Waals surface area contributed by atoms with E-state index in [0.29, 0.717) is 10.7 Å². The van der Waals surface area contributed by atoms with Crippen LogP contribution in [-0.2, 0) is 16.0 Å². The fourth-order valence-corrected chi connectivity index (χ4v) is 3.24. The zero-order valence-electron chi connectivity index (χ0n) is 13.5. The number of benzene rings is 2. The molecule has 126 valence electrons. The molecule has 1 saturated heterocycles. The molecule has 0 aromatic heterocycles. The lowest BCUT2D eigenvalue weighted by atomic mass is 10.0. The summed E-state index contributed by atoms with van der Waals surface area (Å²) in [7, 11) is 0. The summed E-state index contributed by atoms with van der Waals surface area (Å²) in [4.78, 5) is 24.9. The second kappa shape index (κ2) is 5.93. The molecule has 6 heteroatoms. The molecule has 2 amide bonds. The van der Waals surface area contributed by atoms with Crippen molar-refractivity contribution in [1.29, 1.82) is 0 Å². The van der Waals surface area contributed by atoms with Gasteiger partial charge in [0.25, 0.3) is 11.8 Å². The quantitative estimate of drug-likeness (QED) is 0.666. The Morgan fingerprint density at radius 1 is 1.24 bits per heavy atom. The Hall–Kier alpha value is -2.79. The van der Waals surface area contributed by atoms with Crippen molar-refractivity contribution in [3.8, 4) is 5.75 Å². The molecule has 0 aliphatic carbocycles. The van der Waals surface area contributed by atoms with Crippen LogP contribution in [0.4, 0.5) is 5.69 Å². The van der Waals surface area contributed by atoms with Crippen molar-refractivity contribution in [1.82, 2.24) is 5.43 Å². The minimum absolute atomic E-state index is 0.0897. The topological polar surface area (TPSA) is 58.6 Å². The lowest BCUT2D eigenvalue weighted by Crippen LogP contribution is -2.35. The molecule has 0 radical (unpaired) electrons. The number of nitrogens with one attached hydrogen (secondary N) is 1. The van der Waals surface area contributed by atoms with Gasteiger partial charge in [0.1, 0.15) is 17.4 Å². The lowest BCUT2D eigenvalue weighted by molar-refractivity contribution is -0.117. The van der Waals surface area contributed by atoms with Gasteiger partial charge >= 0.3 is 0 Å². The number of ether oxygens (including phenoxy) is 1. The van der Waals surface area contributed by atoms with Crippen LogP contribution in [0.25, 0.3) is 6.08 Å². The van der Waals surface area contributed by atoms with Crippen LogP contribution in [0.2, 0.25) is 5.02 Å². The number of hydrazine groups is 1. The van der Waals surface area contributed by atoms with Gasteiger partial charge in [-0.05, 0) is 54.5 Å². The predicted molar refractivity (Wildman–Crippen MR) is 95.3 cm³/mol. The van der Waals surface area contributed by atoms with Crippen molar-refractivity contribution >= 4 is 35.2 Å². The number of amides is 2. The van der Waals surface area contributed by atoms with Crippen molar-refractivity contribution in [2.24, 2.45) is 0 Å². The average molecular weight is 355 g/mol. The van der Waals surface area contributed by atoms with Crippen LogP contribution >= 0.6 is 11.6 Å². The smallest absolute Gasteiger partial charge is 0.282 e. The minimum Gasteiger partial charge on any atom is -0.490 e. The van der Waals surface area contributed by atoms with E-state index in [1.807, 2.05) is 25.1 Å². The van der Waals surface area contributed by atoms with Gasteiger partial charge in [0.2, 0.25) is 0 Å². The number of carbonyl (C=O) groups excluding carboxylic acids is 2. The molecule has 1 atom stereocenters. The van der Waals surface area contributed by atoms with Crippen LogP contribution < -0.4 is 15.2 Å². The van der Waals surface area contributed by atoms with Crippen LogP contribution in [0.1, 0.15) is 18.1 Å². The van der Waals surface area contributed by atoms with Crippen LogP contribution in [0.5, 0.6) is 5.75 Å². The molecule has 0 unspecified atom stereocenters. The molecule has 2 aliphatic heterocycles. The molecular formula is C19H15ClN2O3. The maximum absolute atomic E-state index is 12.6. The van der Waals surface area contributed by atoms with Crippen molar-refractivity contribution in [2.75, 3.05) is 5.01 Å². The van der Waals surface area contributed by atoms with E-state index in [1.165, 1.54) is 5.01 Å². The molecule has 2 aromatic rings. The van der Waals surface area contributed by atoms with E-state index in [2.05, 4.69) is 5.43 Å². The lowest BCUT2D eigenvalue weighted by Gasteiger charge is -2.14. The molecule has 4 rings (SSSR count). The highest BCUT2D eigenvalue weighted by Crippen LogP contribution is 2.30. The Balaban J connectivity index is 1.65. The number of nitrogens with zero attached hydrogens (tertiary/aromatic N) is 1. The molecule has 0 bridgehead atoms. The first kappa shape index (κ1) is 15.7. The highest BCUT2D eigenvalue weighted by Gasteiger charge is 2.34. The van der Waals surface area contributed by atoms with E-state index >= 15 is 0 Å². The standard InChI is InChI=1S/C19H15ClN2O3/c1-11-7-13-8-12(5-6-17(13)25-11)9-16-18(23)21-22(19(16)24)15-4-2-3-14(20)10-15/h2-6,8-11H,7H2,1H3,(H,21,23)/b16-9-/t11-/m1/s1. The number of halogens is 1. The van der Waals surface area contributed by atoms with Gasteiger partial charge in [-0.1, -0.05) is 23.7 Å². The van der Waals surface area contributed by atoms with Crippen molar-refractivity contribution < 1.29 is 14.3 Å². The SMILES string of the molecule is C[C@@H]1Cc2cc(/C=C3/C(=O)NN(c4cccc(Cl)c4)C3=O)ccc2O1. The summed E-state index contributed by atoms with van der Waals surface area (Å²) in [5.41, 5.74) is 5.06. The summed E-state index contributed by atoms with van der Waals surface area (Å²) in [6.07, 6.45) is 2.57. The Morgan fingerprint density at radius 3 is 2.88 bits per heavy atom. The predicted octanol–water partition coefficient (Wildman–Crippen LogP) is 3.12. The Labute approximate surface area is 149 Å². The van der Waals surface area contributed by atoms with Gasteiger partial charge in [0.05, 0.1) is 5.69 Å².